The van der Waals surface area contributed by atoms with Crippen molar-refractivity contribution in [3.63, 3.8) is 0 Å². The van der Waals surface area contributed by atoms with Gasteiger partial charge in [-0.1, -0.05) is 97.1 Å². The lowest BCUT2D eigenvalue weighted by atomic mass is 9.98. The highest BCUT2D eigenvalue weighted by atomic mass is 16.4. The predicted octanol–water partition coefficient (Wildman–Crippen LogP) is 12.7. The highest BCUT2D eigenvalue weighted by Gasteiger charge is 2.22. The van der Waals surface area contributed by atoms with Crippen molar-refractivity contribution in [3.8, 4) is 57.1 Å². The highest BCUT2D eigenvalue weighted by molar-refractivity contribution is 6.27. The Kier molecular flexibility index (Phi) is 6.76. The van der Waals surface area contributed by atoms with Crippen LogP contribution in [0.15, 0.2) is 177 Å². The Labute approximate surface area is 323 Å². The van der Waals surface area contributed by atoms with Crippen molar-refractivity contribution in [2.75, 3.05) is 0 Å². The van der Waals surface area contributed by atoms with Crippen LogP contribution in [0.2, 0.25) is 0 Å². The van der Waals surface area contributed by atoms with Crippen LogP contribution in [0.3, 0.4) is 0 Å². The number of nitrogens with zero attached hydrogens (tertiary/aromatic N) is 5. The number of oxazole rings is 2. The van der Waals surface area contributed by atoms with Gasteiger partial charge >= 0.3 is 0 Å². The summed E-state index contributed by atoms with van der Waals surface area (Å²) in [5.74, 6) is 2.70. The maximum atomic E-state index is 6.64. The summed E-state index contributed by atoms with van der Waals surface area (Å²) >= 11 is 0. The molecule has 0 aliphatic heterocycles. The normalized spacial score (nSPS) is 11.9. The third-order valence-corrected chi connectivity index (χ3v) is 10.6. The molecule has 57 heavy (non-hydrogen) atoms. The van der Waals surface area contributed by atoms with Gasteiger partial charge in [-0.05, 0) is 88.3 Å². The number of fused-ring (bicyclic) bond motifs is 9. The van der Waals surface area contributed by atoms with E-state index in [4.69, 9.17) is 38.2 Å². The smallest absolute Gasteiger partial charge is 0.227 e. The Morgan fingerprint density at radius 2 is 0.930 bits per heavy atom. The lowest BCUT2D eigenvalue weighted by Gasteiger charge is -2.11. The van der Waals surface area contributed by atoms with Crippen LogP contribution in [0.1, 0.15) is 0 Å². The molecule has 0 saturated carbocycles. The first-order valence-electron chi connectivity index (χ1n) is 18.7. The van der Waals surface area contributed by atoms with Crippen molar-refractivity contribution >= 4 is 65.7 Å². The molecule has 0 N–H and O–H groups in total. The van der Waals surface area contributed by atoms with E-state index in [1.165, 1.54) is 0 Å². The number of furan rings is 1. The Morgan fingerprint density at radius 1 is 0.333 bits per heavy atom. The minimum absolute atomic E-state index is 0.515. The molecule has 0 aliphatic rings. The van der Waals surface area contributed by atoms with Gasteiger partial charge in [-0.25, -0.2) is 24.9 Å². The van der Waals surface area contributed by atoms with E-state index in [1.54, 1.807) is 0 Å². The van der Waals surface area contributed by atoms with E-state index in [9.17, 15) is 0 Å². The second-order valence-electron chi connectivity index (χ2n) is 14.1. The van der Waals surface area contributed by atoms with Gasteiger partial charge in [0.1, 0.15) is 22.2 Å². The average molecular weight is 734 g/mol. The molecule has 0 aliphatic carbocycles. The van der Waals surface area contributed by atoms with Crippen LogP contribution in [-0.2, 0) is 0 Å². The van der Waals surface area contributed by atoms with Crippen molar-refractivity contribution in [1.29, 1.82) is 0 Å². The molecule has 0 saturated heterocycles. The van der Waals surface area contributed by atoms with Gasteiger partial charge in [0.25, 0.3) is 0 Å². The van der Waals surface area contributed by atoms with Crippen LogP contribution in [0.4, 0.5) is 0 Å². The number of aromatic nitrogens is 5. The van der Waals surface area contributed by atoms with E-state index in [-0.39, 0.29) is 0 Å². The fourth-order valence-corrected chi connectivity index (χ4v) is 7.85. The van der Waals surface area contributed by atoms with E-state index in [2.05, 4.69) is 42.5 Å². The summed E-state index contributed by atoms with van der Waals surface area (Å²) in [6.45, 7) is 0. The van der Waals surface area contributed by atoms with E-state index in [0.29, 0.717) is 51.5 Å². The number of hydrogen-bond donors (Lipinski definition) is 0. The molecule has 8 heteroatoms. The predicted molar refractivity (Wildman–Crippen MR) is 224 cm³/mol. The molecule has 0 unspecified atom stereocenters. The molecule has 0 atom stereocenters. The van der Waals surface area contributed by atoms with Crippen LogP contribution in [0.25, 0.3) is 123 Å². The standard InChI is InChI=1S/C49H27N5O3/c1-3-12-29(13-4-1)48-50-37-26-33(21-22-38(37)56-48)46-52-45(32-20-19-28-11-7-8-16-31(28)25-32)53-47(54-46)36-27-41-42(35-18-10-9-17-34(35)36)43-39(55-41)23-24-40-44(43)51-49(57-40)30-14-5-2-6-15-30/h1-27H. The van der Waals surface area contributed by atoms with E-state index in [0.717, 1.165) is 71.2 Å². The molecular formula is C49H27N5O3. The molecule has 0 fully saturated rings. The van der Waals surface area contributed by atoms with Crippen LogP contribution >= 0.6 is 0 Å². The first-order valence-corrected chi connectivity index (χ1v) is 18.7. The van der Waals surface area contributed by atoms with Gasteiger partial charge in [-0.3, -0.25) is 0 Å². The summed E-state index contributed by atoms with van der Waals surface area (Å²) in [7, 11) is 0. The van der Waals surface area contributed by atoms with E-state index >= 15 is 0 Å². The SMILES string of the molecule is c1ccc(-c2nc3cc(-c4nc(-c5ccc6ccccc6c5)nc(-c5cc6oc7ccc8oc(-c9ccccc9)nc8c7c6c6ccccc56)n4)ccc3o2)cc1. The van der Waals surface area contributed by atoms with E-state index < -0.39 is 0 Å². The molecule has 4 heterocycles. The van der Waals surface area contributed by atoms with Crippen molar-refractivity contribution < 1.29 is 13.3 Å². The molecule has 12 aromatic rings. The van der Waals surface area contributed by atoms with Crippen LogP contribution in [-0.4, -0.2) is 24.9 Å². The molecule has 8 aromatic carbocycles. The Bertz CT molecular complexity index is 3530. The lowest BCUT2D eigenvalue weighted by Crippen LogP contribution is -2.00. The summed E-state index contributed by atoms with van der Waals surface area (Å²) in [6, 6.07) is 54.5. The van der Waals surface area contributed by atoms with E-state index in [1.807, 2.05) is 121 Å². The van der Waals surface area contributed by atoms with Gasteiger partial charge in [0.15, 0.2) is 28.6 Å². The first kappa shape index (κ1) is 31.4. The maximum Gasteiger partial charge on any atom is 0.227 e. The van der Waals surface area contributed by atoms with Crippen LogP contribution < -0.4 is 0 Å². The zero-order valence-electron chi connectivity index (χ0n) is 30.0. The third-order valence-electron chi connectivity index (χ3n) is 10.6. The highest BCUT2D eigenvalue weighted by Crippen LogP contribution is 2.43. The monoisotopic (exact) mass is 733 g/mol. The summed E-state index contributed by atoms with van der Waals surface area (Å²) in [5.41, 5.74) is 8.56. The Morgan fingerprint density at radius 3 is 1.72 bits per heavy atom. The summed E-state index contributed by atoms with van der Waals surface area (Å²) in [6.07, 6.45) is 0. The Balaban J connectivity index is 1.08. The molecule has 0 radical (unpaired) electrons. The summed E-state index contributed by atoms with van der Waals surface area (Å²) < 4.78 is 19.1. The molecule has 8 nitrogen and oxygen atoms in total. The number of rotatable bonds is 5. The quantitative estimate of drug-likeness (QED) is 0.172. The van der Waals surface area contributed by atoms with Gasteiger partial charge in [0.05, 0.1) is 5.39 Å². The van der Waals surface area contributed by atoms with Crippen molar-refractivity contribution in [2.24, 2.45) is 0 Å². The van der Waals surface area contributed by atoms with Gasteiger partial charge in [0.2, 0.25) is 11.8 Å². The maximum absolute atomic E-state index is 6.64. The van der Waals surface area contributed by atoms with Crippen LogP contribution in [0.5, 0.6) is 0 Å². The second-order valence-corrected chi connectivity index (χ2v) is 14.1. The van der Waals surface area contributed by atoms with Crippen molar-refractivity contribution in [3.05, 3.63) is 164 Å². The molecule has 12 rings (SSSR count). The zero-order chi connectivity index (χ0) is 37.5. The van der Waals surface area contributed by atoms with Gasteiger partial charge < -0.3 is 13.3 Å². The Hall–Kier alpha value is -7.97. The molecular weight excluding hydrogens is 707 g/mol. The zero-order valence-corrected chi connectivity index (χ0v) is 30.0. The largest absolute Gasteiger partial charge is 0.456 e. The van der Waals surface area contributed by atoms with Crippen LogP contribution in [0, 0.1) is 0 Å². The number of benzene rings is 8. The average Bonchev–Trinajstić information content (AvgIpc) is 4.01. The minimum atomic E-state index is 0.515. The minimum Gasteiger partial charge on any atom is -0.456 e. The molecule has 266 valence electrons. The van der Waals surface area contributed by atoms with Gasteiger partial charge in [-0.2, -0.15) is 0 Å². The first-order chi connectivity index (χ1) is 28.2. The fourth-order valence-electron chi connectivity index (χ4n) is 7.85. The molecule has 0 spiro atoms. The molecule has 0 amide bonds. The summed E-state index contributed by atoms with van der Waals surface area (Å²) in [5, 5.41) is 6.06. The van der Waals surface area contributed by atoms with Gasteiger partial charge in [0, 0.05) is 33.2 Å². The number of hydrogen-bond acceptors (Lipinski definition) is 8. The van der Waals surface area contributed by atoms with Gasteiger partial charge in [-0.15, -0.1) is 0 Å². The van der Waals surface area contributed by atoms with Crippen molar-refractivity contribution in [1.82, 2.24) is 24.9 Å². The molecule has 4 aromatic heterocycles. The fraction of sp³-hybridized carbons (Fsp3) is 0. The molecule has 0 bridgehead atoms. The summed E-state index contributed by atoms with van der Waals surface area (Å²) in [4.78, 5) is 25.3. The third kappa shape index (κ3) is 5.12. The lowest BCUT2D eigenvalue weighted by molar-refractivity contribution is 0.619. The topological polar surface area (TPSA) is 104 Å². The second kappa shape index (κ2) is 12.3. The van der Waals surface area contributed by atoms with Crippen molar-refractivity contribution in [2.45, 2.75) is 0 Å².